The quantitative estimate of drug-likeness (QED) is 0.646. The fourth-order valence-corrected chi connectivity index (χ4v) is 1.82. The lowest BCUT2D eigenvalue weighted by molar-refractivity contribution is 0.206. The Labute approximate surface area is 69.1 Å². The molecule has 1 aliphatic rings. The van der Waals surface area contributed by atoms with Crippen LogP contribution >= 0.6 is 0 Å². The maximum Gasteiger partial charge on any atom is 0.0883 e. The van der Waals surface area contributed by atoms with E-state index in [1.165, 1.54) is 19.3 Å². The van der Waals surface area contributed by atoms with Gasteiger partial charge in [-0.1, -0.05) is 26.7 Å². The second-order valence-corrected chi connectivity index (χ2v) is 3.61. The molecule has 0 bridgehead atoms. The van der Waals surface area contributed by atoms with Crippen LogP contribution in [0.15, 0.2) is 11.8 Å². The molecule has 0 saturated carbocycles. The van der Waals surface area contributed by atoms with Crippen LogP contribution in [0.25, 0.3) is 0 Å². The van der Waals surface area contributed by atoms with Crippen LogP contribution < -0.4 is 0 Å². The average Bonchev–Trinajstić information content (AvgIpc) is 2.07. The second kappa shape index (κ2) is 3.29. The highest BCUT2D eigenvalue weighted by Gasteiger charge is 2.27. The first-order chi connectivity index (χ1) is 5.22. The minimum Gasteiger partial charge on any atom is -0.513 e. The van der Waals surface area contributed by atoms with E-state index in [1.54, 1.807) is 0 Å². The van der Waals surface area contributed by atoms with Crippen molar-refractivity contribution in [1.29, 1.82) is 0 Å². The molecule has 0 amide bonds. The van der Waals surface area contributed by atoms with Gasteiger partial charge in [0, 0.05) is 6.42 Å². The van der Waals surface area contributed by atoms with Gasteiger partial charge in [-0.25, -0.2) is 0 Å². The van der Waals surface area contributed by atoms with Crippen LogP contribution in [-0.4, -0.2) is 5.11 Å². The van der Waals surface area contributed by atoms with Crippen molar-refractivity contribution in [2.45, 2.75) is 46.0 Å². The number of hydrogen-bond donors (Lipinski definition) is 1. The Bertz CT molecular complexity index is 154. The van der Waals surface area contributed by atoms with E-state index in [-0.39, 0.29) is 0 Å². The van der Waals surface area contributed by atoms with Gasteiger partial charge >= 0.3 is 0 Å². The first kappa shape index (κ1) is 8.63. The predicted octanol–water partition coefficient (Wildman–Crippen LogP) is 3.42. The smallest absolute Gasteiger partial charge is 0.0883 e. The van der Waals surface area contributed by atoms with Crippen LogP contribution in [0, 0.1) is 5.41 Å². The Hall–Kier alpha value is -0.460. The standard InChI is InChI=1S/C10H18O/c1-3-10(4-2)7-5-9(11)6-8-10/h5,11H,3-4,6-8H2,1-2H3. The highest BCUT2D eigenvalue weighted by molar-refractivity contribution is 5.01. The lowest BCUT2D eigenvalue weighted by atomic mass is 9.73. The van der Waals surface area contributed by atoms with Crippen LogP contribution in [0.3, 0.4) is 0 Å². The van der Waals surface area contributed by atoms with Gasteiger partial charge in [0.1, 0.15) is 0 Å². The zero-order valence-electron chi connectivity index (χ0n) is 7.56. The summed E-state index contributed by atoms with van der Waals surface area (Å²) in [6, 6.07) is 0. The molecule has 64 valence electrons. The van der Waals surface area contributed by atoms with Gasteiger partial charge in [-0.05, 0) is 24.3 Å². The third kappa shape index (κ3) is 1.76. The van der Waals surface area contributed by atoms with Crippen LogP contribution in [0.5, 0.6) is 0 Å². The zero-order chi connectivity index (χ0) is 8.32. The third-order valence-electron chi connectivity index (χ3n) is 3.18. The summed E-state index contributed by atoms with van der Waals surface area (Å²) in [5.41, 5.74) is 0.506. The highest BCUT2D eigenvalue weighted by Crippen LogP contribution is 2.40. The SMILES string of the molecule is CCC1(CC)CC=C(O)CC1. The maximum atomic E-state index is 9.19. The van der Waals surface area contributed by atoms with Crippen LogP contribution in [0.2, 0.25) is 0 Å². The number of rotatable bonds is 2. The van der Waals surface area contributed by atoms with E-state index >= 15 is 0 Å². The molecule has 0 aromatic rings. The number of aliphatic hydroxyl groups excluding tert-OH is 1. The molecule has 1 nitrogen and oxygen atoms in total. The third-order valence-corrected chi connectivity index (χ3v) is 3.18. The minimum atomic E-state index is 0.506. The summed E-state index contributed by atoms with van der Waals surface area (Å²) in [5.74, 6) is 0.600. The molecular formula is C10H18O. The molecule has 0 aromatic carbocycles. The van der Waals surface area contributed by atoms with Gasteiger partial charge in [0.05, 0.1) is 5.76 Å². The Morgan fingerprint density at radius 1 is 1.45 bits per heavy atom. The molecule has 1 N–H and O–H groups in total. The lowest BCUT2D eigenvalue weighted by Gasteiger charge is -2.33. The highest BCUT2D eigenvalue weighted by atomic mass is 16.3. The molecule has 0 radical (unpaired) electrons. The number of aliphatic hydroxyl groups is 1. The summed E-state index contributed by atoms with van der Waals surface area (Å²) < 4.78 is 0. The van der Waals surface area contributed by atoms with Gasteiger partial charge in [-0.3, -0.25) is 0 Å². The predicted molar refractivity (Wildman–Crippen MR) is 47.6 cm³/mol. The van der Waals surface area contributed by atoms with Crippen molar-refractivity contribution in [3.63, 3.8) is 0 Å². The summed E-state index contributed by atoms with van der Waals surface area (Å²) in [6.07, 6.45) is 7.62. The van der Waals surface area contributed by atoms with E-state index in [4.69, 9.17) is 0 Å². The summed E-state index contributed by atoms with van der Waals surface area (Å²) in [4.78, 5) is 0. The molecule has 0 unspecified atom stereocenters. The first-order valence-electron chi connectivity index (χ1n) is 4.60. The summed E-state index contributed by atoms with van der Waals surface area (Å²) in [6.45, 7) is 4.50. The largest absolute Gasteiger partial charge is 0.513 e. The summed E-state index contributed by atoms with van der Waals surface area (Å²) >= 11 is 0. The minimum absolute atomic E-state index is 0.506. The van der Waals surface area contributed by atoms with Gasteiger partial charge in [0.25, 0.3) is 0 Å². The molecule has 0 fully saturated rings. The van der Waals surface area contributed by atoms with E-state index in [9.17, 15) is 5.11 Å². The Morgan fingerprint density at radius 2 is 2.09 bits per heavy atom. The summed E-state index contributed by atoms with van der Waals surface area (Å²) in [5, 5.41) is 9.19. The molecule has 0 aromatic heterocycles. The molecule has 0 aliphatic heterocycles. The molecule has 1 rings (SSSR count). The maximum absolute atomic E-state index is 9.19. The van der Waals surface area contributed by atoms with Crippen molar-refractivity contribution < 1.29 is 5.11 Å². The Balaban J connectivity index is 2.61. The molecule has 1 aliphatic carbocycles. The van der Waals surface area contributed by atoms with Crippen LogP contribution in [-0.2, 0) is 0 Å². The van der Waals surface area contributed by atoms with Gasteiger partial charge in [0.15, 0.2) is 0 Å². The van der Waals surface area contributed by atoms with E-state index in [0.717, 1.165) is 12.8 Å². The molecule has 0 saturated heterocycles. The van der Waals surface area contributed by atoms with E-state index < -0.39 is 0 Å². The fourth-order valence-electron chi connectivity index (χ4n) is 1.82. The molecular weight excluding hydrogens is 136 g/mol. The van der Waals surface area contributed by atoms with E-state index in [2.05, 4.69) is 13.8 Å². The van der Waals surface area contributed by atoms with Crippen molar-refractivity contribution in [3.05, 3.63) is 11.8 Å². The Kier molecular flexibility index (Phi) is 2.58. The van der Waals surface area contributed by atoms with Gasteiger partial charge in [-0.2, -0.15) is 0 Å². The number of allylic oxidation sites excluding steroid dienone is 2. The molecule has 11 heavy (non-hydrogen) atoms. The van der Waals surface area contributed by atoms with E-state index in [0.29, 0.717) is 11.2 Å². The summed E-state index contributed by atoms with van der Waals surface area (Å²) in [7, 11) is 0. The topological polar surface area (TPSA) is 20.2 Å². The normalized spacial score (nSPS) is 22.9. The van der Waals surface area contributed by atoms with Gasteiger partial charge in [0.2, 0.25) is 0 Å². The van der Waals surface area contributed by atoms with Crippen molar-refractivity contribution >= 4 is 0 Å². The van der Waals surface area contributed by atoms with Crippen molar-refractivity contribution in [3.8, 4) is 0 Å². The molecule has 0 heterocycles. The zero-order valence-corrected chi connectivity index (χ0v) is 7.56. The second-order valence-electron chi connectivity index (χ2n) is 3.61. The van der Waals surface area contributed by atoms with Crippen molar-refractivity contribution in [2.75, 3.05) is 0 Å². The Morgan fingerprint density at radius 3 is 2.45 bits per heavy atom. The van der Waals surface area contributed by atoms with Crippen LogP contribution in [0.4, 0.5) is 0 Å². The lowest BCUT2D eigenvalue weighted by Crippen LogP contribution is -2.21. The number of hydrogen-bond acceptors (Lipinski definition) is 1. The molecule has 0 spiro atoms. The van der Waals surface area contributed by atoms with Gasteiger partial charge < -0.3 is 5.11 Å². The van der Waals surface area contributed by atoms with Crippen molar-refractivity contribution in [2.24, 2.45) is 5.41 Å². The fraction of sp³-hybridized carbons (Fsp3) is 0.800. The van der Waals surface area contributed by atoms with Gasteiger partial charge in [-0.15, -0.1) is 0 Å². The van der Waals surface area contributed by atoms with Crippen LogP contribution in [0.1, 0.15) is 46.0 Å². The average molecular weight is 154 g/mol. The first-order valence-corrected chi connectivity index (χ1v) is 4.60. The van der Waals surface area contributed by atoms with E-state index in [1.807, 2.05) is 6.08 Å². The molecule has 0 atom stereocenters. The monoisotopic (exact) mass is 154 g/mol. The van der Waals surface area contributed by atoms with Crippen molar-refractivity contribution in [1.82, 2.24) is 0 Å². The molecule has 1 heteroatoms.